The minimum absolute atomic E-state index is 0.0445. The van der Waals surface area contributed by atoms with E-state index in [0.717, 1.165) is 5.69 Å². The Bertz CT molecular complexity index is 817. The number of nitriles is 1. The maximum atomic E-state index is 9.06. The molecule has 0 saturated heterocycles. The van der Waals surface area contributed by atoms with Crippen LogP contribution in [0.15, 0.2) is 46.6 Å². The summed E-state index contributed by atoms with van der Waals surface area (Å²) in [5.41, 5.74) is 7.25. The Kier molecular flexibility index (Phi) is 6.29. The highest BCUT2D eigenvalue weighted by Crippen LogP contribution is 2.37. The summed E-state index contributed by atoms with van der Waals surface area (Å²) in [4.78, 5) is 4.26. The minimum atomic E-state index is 0.0445. The zero-order valence-electron chi connectivity index (χ0n) is 12.8. The van der Waals surface area contributed by atoms with Gasteiger partial charge in [0, 0.05) is 6.20 Å². The van der Waals surface area contributed by atoms with Gasteiger partial charge < -0.3 is 15.2 Å². The van der Waals surface area contributed by atoms with Gasteiger partial charge in [-0.1, -0.05) is 18.3 Å². The van der Waals surface area contributed by atoms with Crippen LogP contribution in [0.4, 0.5) is 0 Å². The Morgan fingerprint density at radius 3 is 2.83 bits per heavy atom. The Morgan fingerprint density at radius 2 is 2.25 bits per heavy atom. The predicted molar refractivity (Wildman–Crippen MR) is 99.6 cm³/mol. The van der Waals surface area contributed by atoms with Gasteiger partial charge >= 0.3 is 0 Å². The maximum absolute atomic E-state index is 9.06. The molecule has 0 saturated carbocycles. The molecule has 2 N–H and O–H groups in total. The zero-order chi connectivity index (χ0) is 17.5. The molecule has 1 heterocycles. The number of aromatic nitrogens is 1. The molecule has 0 aliphatic rings. The van der Waals surface area contributed by atoms with Gasteiger partial charge in [0.25, 0.3) is 0 Å². The molecule has 0 radical (unpaired) electrons. The Morgan fingerprint density at radius 1 is 1.46 bits per heavy atom. The molecule has 7 heteroatoms. The van der Waals surface area contributed by atoms with E-state index in [9.17, 15) is 0 Å². The molecule has 0 fully saturated rings. The molecule has 2 aromatic rings. The third-order valence-corrected chi connectivity index (χ3v) is 3.85. The lowest BCUT2D eigenvalue weighted by Gasteiger charge is -2.13. The van der Waals surface area contributed by atoms with Gasteiger partial charge in [-0.25, -0.2) is 0 Å². The molecule has 1 aromatic heterocycles. The number of pyridine rings is 1. The van der Waals surface area contributed by atoms with E-state index < -0.39 is 0 Å². The van der Waals surface area contributed by atoms with Gasteiger partial charge in [0.15, 0.2) is 11.5 Å². The first-order chi connectivity index (χ1) is 11.5. The molecule has 0 aliphatic heterocycles. The quantitative estimate of drug-likeness (QED) is 0.450. The van der Waals surface area contributed by atoms with E-state index in [-0.39, 0.29) is 10.6 Å². The molecule has 0 atom stereocenters. The van der Waals surface area contributed by atoms with Crippen molar-refractivity contribution < 1.29 is 9.47 Å². The number of benzene rings is 1. The van der Waals surface area contributed by atoms with Gasteiger partial charge in [-0.15, -0.1) is 0 Å². The van der Waals surface area contributed by atoms with Gasteiger partial charge in [0.05, 0.1) is 22.8 Å². The summed E-state index contributed by atoms with van der Waals surface area (Å²) >= 11 is 8.30. The van der Waals surface area contributed by atoms with Crippen molar-refractivity contribution >= 4 is 39.2 Å². The van der Waals surface area contributed by atoms with Crippen LogP contribution in [-0.4, -0.2) is 17.1 Å². The topological polar surface area (TPSA) is 81.2 Å². The standard InChI is InChI=1S/C17H14BrN3O2S/c1-22-15-8-11(6-12(9-19)17(20)24)7-14(18)16(15)23-10-13-4-2-3-5-21-13/h2-8H,10H2,1H3,(H2,20,24). The fourth-order valence-corrected chi connectivity index (χ4v) is 2.60. The number of ether oxygens (including phenoxy) is 2. The number of nitrogens with zero attached hydrogens (tertiary/aromatic N) is 2. The Balaban J connectivity index is 2.31. The third kappa shape index (κ3) is 4.54. The predicted octanol–water partition coefficient (Wildman–Crippen LogP) is 3.62. The number of nitrogens with two attached hydrogens (primary N) is 1. The first-order valence-corrected chi connectivity index (χ1v) is 8.07. The molecule has 0 aliphatic carbocycles. The van der Waals surface area contributed by atoms with E-state index >= 15 is 0 Å². The lowest BCUT2D eigenvalue weighted by Crippen LogP contribution is -2.09. The van der Waals surface area contributed by atoms with Crippen molar-refractivity contribution in [2.45, 2.75) is 6.61 Å². The summed E-state index contributed by atoms with van der Waals surface area (Å²) in [7, 11) is 1.54. The second kappa shape index (κ2) is 8.43. The molecule has 5 nitrogen and oxygen atoms in total. The van der Waals surface area contributed by atoms with Crippen molar-refractivity contribution in [2.24, 2.45) is 5.73 Å². The highest BCUT2D eigenvalue weighted by Gasteiger charge is 2.12. The van der Waals surface area contributed by atoms with Gasteiger partial charge in [-0.05, 0) is 51.8 Å². The van der Waals surface area contributed by atoms with Gasteiger partial charge in [0.1, 0.15) is 17.7 Å². The molecule has 24 heavy (non-hydrogen) atoms. The van der Waals surface area contributed by atoms with E-state index in [2.05, 4.69) is 20.9 Å². The molecule has 2 rings (SSSR count). The molecule has 0 bridgehead atoms. The smallest absolute Gasteiger partial charge is 0.175 e. The molecular weight excluding hydrogens is 390 g/mol. The van der Waals surface area contributed by atoms with Crippen molar-refractivity contribution in [3.63, 3.8) is 0 Å². The number of thiocarbonyl (C=S) groups is 1. The third-order valence-electron chi connectivity index (χ3n) is 3.04. The van der Waals surface area contributed by atoms with Crippen LogP contribution in [-0.2, 0) is 6.61 Å². The van der Waals surface area contributed by atoms with Crippen LogP contribution in [0, 0.1) is 11.3 Å². The van der Waals surface area contributed by atoms with Gasteiger partial charge in [-0.2, -0.15) is 5.26 Å². The molecular formula is C17H14BrN3O2S. The van der Waals surface area contributed by atoms with E-state index in [1.807, 2.05) is 24.3 Å². The Hall–Kier alpha value is -2.43. The van der Waals surface area contributed by atoms with Crippen LogP contribution >= 0.6 is 28.1 Å². The maximum Gasteiger partial charge on any atom is 0.175 e. The molecule has 122 valence electrons. The first-order valence-electron chi connectivity index (χ1n) is 6.87. The fourth-order valence-electron chi connectivity index (χ4n) is 1.92. The number of hydrogen-bond donors (Lipinski definition) is 1. The number of halogens is 1. The highest BCUT2D eigenvalue weighted by molar-refractivity contribution is 9.10. The van der Waals surface area contributed by atoms with Crippen LogP contribution in [0.1, 0.15) is 11.3 Å². The molecule has 1 aromatic carbocycles. The number of hydrogen-bond acceptors (Lipinski definition) is 5. The normalized spacial score (nSPS) is 10.8. The van der Waals surface area contributed by atoms with E-state index in [1.165, 1.54) is 0 Å². The fraction of sp³-hybridized carbons (Fsp3) is 0.118. The van der Waals surface area contributed by atoms with E-state index in [0.29, 0.717) is 28.1 Å². The highest BCUT2D eigenvalue weighted by atomic mass is 79.9. The van der Waals surface area contributed by atoms with Crippen LogP contribution in [0.3, 0.4) is 0 Å². The summed E-state index contributed by atoms with van der Waals surface area (Å²) in [5, 5.41) is 9.06. The summed E-state index contributed by atoms with van der Waals surface area (Å²) in [6.07, 6.45) is 3.30. The monoisotopic (exact) mass is 403 g/mol. The second-order valence-electron chi connectivity index (χ2n) is 4.68. The van der Waals surface area contributed by atoms with E-state index in [4.69, 9.17) is 32.7 Å². The molecule has 0 unspecified atom stereocenters. The summed E-state index contributed by atoms with van der Waals surface area (Å²) in [5.74, 6) is 1.07. The summed E-state index contributed by atoms with van der Waals surface area (Å²) in [6.45, 7) is 0.307. The van der Waals surface area contributed by atoms with Gasteiger partial charge in [0.2, 0.25) is 0 Å². The van der Waals surface area contributed by atoms with Crippen LogP contribution in [0.25, 0.3) is 6.08 Å². The summed E-state index contributed by atoms with van der Waals surface area (Å²) < 4.78 is 11.9. The lowest BCUT2D eigenvalue weighted by molar-refractivity contribution is 0.279. The largest absolute Gasteiger partial charge is 0.493 e. The number of methoxy groups -OCH3 is 1. The minimum Gasteiger partial charge on any atom is -0.493 e. The average Bonchev–Trinajstić information content (AvgIpc) is 2.58. The summed E-state index contributed by atoms with van der Waals surface area (Å²) in [6, 6.07) is 11.1. The first kappa shape index (κ1) is 17.9. The average molecular weight is 404 g/mol. The van der Waals surface area contributed by atoms with Crippen molar-refractivity contribution in [3.8, 4) is 17.6 Å². The van der Waals surface area contributed by atoms with E-state index in [1.54, 1.807) is 31.5 Å². The zero-order valence-corrected chi connectivity index (χ0v) is 15.2. The van der Waals surface area contributed by atoms with Crippen molar-refractivity contribution in [1.82, 2.24) is 4.98 Å². The van der Waals surface area contributed by atoms with Crippen LogP contribution in [0.2, 0.25) is 0 Å². The lowest BCUT2D eigenvalue weighted by atomic mass is 10.1. The Labute approximate surface area is 153 Å². The molecule has 0 spiro atoms. The van der Waals surface area contributed by atoms with Crippen molar-refractivity contribution in [3.05, 3.63) is 57.8 Å². The van der Waals surface area contributed by atoms with Crippen molar-refractivity contribution in [2.75, 3.05) is 7.11 Å². The number of rotatable bonds is 6. The van der Waals surface area contributed by atoms with Crippen LogP contribution < -0.4 is 15.2 Å². The SMILES string of the molecule is COc1cc(C=C(C#N)C(N)=S)cc(Br)c1OCc1ccccn1. The van der Waals surface area contributed by atoms with Crippen LogP contribution in [0.5, 0.6) is 11.5 Å². The van der Waals surface area contributed by atoms with Crippen molar-refractivity contribution in [1.29, 1.82) is 5.26 Å². The molecule has 0 amide bonds. The van der Waals surface area contributed by atoms with Gasteiger partial charge in [-0.3, -0.25) is 4.98 Å². The second-order valence-corrected chi connectivity index (χ2v) is 5.97.